The molecule has 2 fully saturated rings. The minimum Gasteiger partial charge on any atom is -0.491 e. The second-order valence-electron chi connectivity index (χ2n) is 9.19. The summed E-state index contributed by atoms with van der Waals surface area (Å²) in [5.74, 6) is 0.815. The van der Waals surface area contributed by atoms with Gasteiger partial charge in [0.15, 0.2) is 0 Å². The molecule has 1 atom stereocenters. The third kappa shape index (κ3) is 7.25. The first-order chi connectivity index (χ1) is 14.1. The van der Waals surface area contributed by atoms with Crippen LogP contribution in [0.15, 0.2) is 24.3 Å². The minimum atomic E-state index is -0.562. The van der Waals surface area contributed by atoms with E-state index in [2.05, 4.69) is 17.3 Å². The van der Waals surface area contributed by atoms with Crippen molar-refractivity contribution in [3.8, 4) is 5.75 Å². The zero-order valence-corrected chi connectivity index (χ0v) is 18.1. The SMILES string of the molecule is CN(CC(O)COc1ccccc1CNCC1(O)CCCCC1)C1CCCCC1. The standard InChI is InChI=1S/C24H40N2O3/c1-26(21-11-4-2-5-12-21)17-22(27)18-29-23-13-7-6-10-20(23)16-25-19-24(28)14-8-3-9-15-24/h6-7,10,13,21-22,25,27-28H,2-5,8-9,11-12,14-19H2,1H3. The van der Waals surface area contributed by atoms with Gasteiger partial charge in [-0.2, -0.15) is 0 Å². The predicted molar refractivity (Wildman–Crippen MR) is 117 cm³/mol. The Morgan fingerprint density at radius 1 is 1.10 bits per heavy atom. The Balaban J connectivity index is 1.43. The third-order valence-corrected chi connectivity index (χ3v) is 6.65. The van der Waals surface area contributed by atoms with Crippen molar-refractivity contribution in [3.63, 3.8) is 0 Å². The van der Waals surface area contributed by atoms with Gasteiger partial charge in [0.1, 0.15) is 18.5 Å². The quantitative estimate of drug-likeness (QED) is 0.557. The zero-order valence-electron chi connectivity index (χ0n) is 18.1. The summed E-state index contributed by atoms with van der Waals surface area (Å²) in [7, 11) is 2.12. The number of hydrogen-bond acceptors (Lipinski definition) is 5. The molecule has 3 N–H and O–H groups in total. The fourth-order valence-corrected chi connectivity index (χ4v) is 4.85. The van der Waals surface area contributed by atoms with Crippen LogP contribution >= 0.6 is 0 Å². The van der Waals surface area contributed by atoms with E-state index < -0.39 is 11.7 Å². The van der Waals surface area contributed by atoms with E-state index in [0.29, 0.717) is 32.3 Å². The van der Waals surface area contributed by atoms with Gasteiger partial charge < -0.3 is 25.2 Å². The Morgan fingerprint density at radius 3 is 2.55 bits per heavy atom. The third-order valence-electron chi connectivity index (χ3n) is 6.65. The van der Waals surface area contributed by atoms with Crippen molar-refractivity contribution >= 4 is 0 Å². The lowest BCUT2D eigenvalue weighted by Gasteiger charge is -2.32. The molecule has 5 nitrogen and oxygen atoms in total. The molecular formula is C24H40N2O3. The van der Waals surface area contributed by atoms with Gasteiger partial charge >= 0.3 is 0 Å². The van der Waals surface area contributed by atoms with Gasteiger partial charge in [-0.25, -0.2) is 0 Å². The highest BCUT2D eigenvalue weighted by Gasteiger charge is 2.28. The van der Waals surface area contributed by atoms with Crippen LogP contribution in [0, 0.1) is 0 Å². The molecule has 0 spiro atoms. The Labute approximate surface area is 176 Å². The van der Waals surface area contributed by atoms with Gasteiger partial charge in [-0.15, -0.1) is 0 Å². The number of para-hydroxylation sites is 1. The van der Waals surface area contributed by atoms with Crippen LogP contribution in [0.25, 0.3) is 0 Å². The lowest BCUT2D eigenvalue weighted by atomic mass is 9.85. The van der Waals surface area contributed by atoms with Crippen LogP contribution in [0.4, 0.5) is 0 Å². The number of aliphatic hydroxyl groups excluding tert-OH is 1. The molecule has 2 aliphatic carbocycles. The van der Waals surface area contributed by atoms with Gasteiger partial charge in [0.25, 0.3) is 0 Å². The summed E-state index contributed by atoms with van der Waals surface area (Å²) in [5, 5.41) is 24.5. The molecule has 0 amide bonds. The second kappa shape index (κ2) is 11.3. The first-order valence-corrected chi connectivity index (χ1v) is 11.6. The molecule has 29 heavy (non-hydrogen) atoms. The van der Waals surface area contributed by atoms with Crippen LogP contribution in [0.2, 0.25) is 0 Å². The molecule has 1 aromatic carbocycles. The van der Waals surface area contributed by atoms with Gasteiger partial charge in [-0.1, -0.05) is 56.7 Å². The molecule has 1 aromatic rings. The van der Waals surface area contributed by atoms with Crippen molar-refractivity contribution in [2.45, 2.75) is 88.5 Å². The Bertz CT molecular complexity index is 598. The summed E-state index contributed by atoms with van der Waals surface area (Å²) in [6, 6.07) is 8.58. The Kier molecular flexibility index (Phi) is 8.79. The van der Waals surface area contributed by atoms with Gasteiger partial charge in [0.05, 0.1) is 5.60 Å². The molecule has 0 radical (unpaired) electrons. The summed E-state index contributed by atoms with van der Waals surface area (Å²) < 4.78 is 5.98. The van der Waals surface area contributed by atoms with Gasteiger partial charge in [0.2, 0.25) is 0 Å². The molecule has 3 rings (SSSR count). The van der Waals surface area contributed by atoms with Crippen LogP contribution in [0.1, 0.15) is 69.8 Å². The van der Waals surface area contributed by atoms with E-state index in [4.69, 9.17) is 4.74 Å². The number of rotatable bonds is 10. The molecule has 0 heterocycles. The number of benzene rings is 1. The minimum absolute atomic E-state index is 0.304. The predicted octanol–water partition coefficient (Wildman–Crippen LogP) is 3.48. The highest BCUT2D eigenvalue weighted by Crippen LogP contribution is 2.27. The average Bonchev–Trinajstić information content (AvgIpc) is 2.74. The number of likely N-dealkylation sites (N-methyl/N-ethyl adjacent to an activating group) is 1. The molecule has 1 unspecified atom stereocenters. The Morgan fingerprint density at radius 2 is 1.79 bits per heavy atom. The maximum atomic E-state index is 10.7. The number of ether oxygens (including phenoxy) is 1. The highest BCUT2D eigenvalue weighted by molar-refractivity contribution is 5.33. The van der Waals surface area contributed by atoms with E-state index in [1.54, 1.807) is 0 Å². The summed E-state index contributed by atoms with van der Waals surface area (Å²) in [5.41, 5.74) is 0.508. The molecule has 0 aromatic heterocycles. The molecule has 0 aliphatic heterocycles. The lowest BCUT2D eigenvalue weighted by molar-refractivity contribution is 0.00460. The first kappa shape index (κ1) is 22.5. The van der Waals surface area contributed by atoms with E-state index in [0.717, 1.165) is 37.0 Å². The highest BCUT2D eigenvalue weighted by atomic mass is 16.5. The maximum absolute atomic E-state index is 10.7. The van der Waals surface area contributed by atoms with Gasteiger partial charge in [-0.05, 0) is 38.8 Å². The van der Waals surface area contributed by atoms with Crippen LogP contribution in [-0.2, 0) is 6.54 Å². The van der Waals surface area contributed by atoms with E-state index >= 15 is 0 Å². The largest absolute Gasteiger partial charge is 0.491 e. The molecule has 2 aliphatic rings. The first-order valence-electron chi connectivity index (χ1n) is 11.6. The van der Waals surface area contributed by atoms with Gasteiger partial charge in [0, 0.05) is 31.2 Å². The monoisotopic (exact) mass is 404 g/mol. The van der Waals surface area contributed by atoms with Crippen LogP contribution in [-0.4, -0.2) is 59.6 Å². The Hall–Kier alpha value is -1.14. The van der Waals surface area contributed by atoms with Gasteiger partial charge in [-0.3, -0.25) is 0 Å². The lowest BCUT2D eigenvalue weighted by Crippen LogP contribution is -2.42. The normalized spacial score (nSPS) is 21.2. The summed E-state index contributed by atoms with van der Waals surface area (Å²) in [6.45, 7) is 2.24. The summed E-state index contributed by atoms with van der Waals surface area (Å²) >= 11 is 0. The van der Waals surface area contributed by atoms with Crippen LogP contribution < -0.4 is 10.1 Å². The maximum Gasteiger partial charge on any atom is 0.123 e. The summed E-state index contributed by atoms with van der Waals surface area (Å²) in [6.07, 6.45) is 11.2. The molecule has 0 bridgehead atoms. The molecule has 164 valence electrons. The topological polar surface area (TPSA) is 65.0 Å². The molecule has 0 saturated heterocycles. The zero-order chi connectivity index (χ0) is 20.5. The van der Waals surface area contributed by atoms with Crippen molar-refractivity contribution in [2.75, 3.05) is 26.7 Å². The van der Waals surface area contributed by atoms with Crippen molar-refractivity contribution in [1.29, 1.82) is 0 Å². The van der Waals surface area contributed by atoms with Crippen LogP contribution in [0.3, 0.4) is 0 Å². The van der Waals surface area contributed by atoms with E-state index in [9.17, 15) is 10.2 Å². The van der Waals surface area contributed by atoms with E-state index in [1.807, 2.05) is 24.3 Å². The molecular weight excluding hydrogens is 364 g/mol. The van der Waals surface area contributed by atoms with Crippen molar-refractivity contribution in [3.05, 3.63) is 29.8 Å². The number of hydrogen-bond donors (Lipinski definition) is 3. The second-order valence-corrected chi connectivity index (χ2v) is 9.19. The van der Waals surface area contributed by atoms with E-state index in [-0.39, 0.29) is 0 Å². The van der Waals surface area contributed by atoms with E-state index in [1.165, 1.54) is 38.5 Å². The fraction of sp³-hybridized carbons (Fsp3) is 0.750. The smallest absolute Gasteiger partial charge is 0.123 e. The summed E-state index contributed by atoms with van der Waals surface area (Å²) in [4.78, 5) is 2.30. The number of aliphatic hydroxyl groups is 2. The van der Waals surface area contributed by atoms with Crippen LogP contribution in [0.5, 0.6) is 5.75 Å². The molecule has 5 heteroatoms. The van der Waals surface area contributed by atoms with Crippen molar-refractivity contribution in [2.24, 2.45) is 0 Å². The molecule has 2 saturated carbocycles. The van der Waals surface area contributed by atoms with Crippen molar-refractivity contribution in [1.82, 2.24) is 10.2 Å². The van der Waals surface area contributed by atoms with Crippen molar-refractivity contribution < 1.29 is 14.9 Å². The average molecular weight is 405 g/mol. The fourth-order valence-electron chi connectivity index (χ4n) is 4.85. The number of nitrogens with one attached hydrogen (secondary N) is 1. The number of nitrogens with zero attached hydrogens (tertiary/aromatic N) is 1.